The Hall–Kier alpha value is -1.84. The fourth-order valence-electron chi connectivity index (χ4n) is 1.39. The predicted octanol–water partition coefficient (Wildman–Crippen LogP) is 3.71. The Morgan fingerprint density at radius 2 is 1.62 bits per heavy atom. The molecule has 0 unspecified atom stereocenters. The highest BCUT2D eigenvalue weighted by Gasteiger charge is 2.15. The van der Waals surface area contributed by atoms with Crippen LogP contribution < -0.4 is 0 Å². The van der Waals surface area contributed by atoms with Gasteiger partial charge in [-0.05, 0) is 24.3 Å². The Labute approximate surface area is 89.2 Å². The molecule has 16 heavy (non-hydrogen) atoms. The Kier molecular flexibility index (Phi) is 2.64. The second-order valence-corrected chi connectivity index (χ2v) is 3.14. The van der Waals surface area contributed by atoms with E-state index in [1.54, 1.807) is 0 Å². The highest BCUT2D eigenvalue weighted by atomic mass is 19.1. The van der Waals surface area contributed by atoms with Crippen LogP contribution in [0.4, 0.5) is 17.6 Å². The van der Waals surface area contributed by atoms with Crippen molar-refractivity contribution < 1.29 is 17.6 Å². The number of benzene rings is 2. The smallest absolute Gasteiger partial charge is 0.142 e. The third kappa shape index (κ3) is 1.78. The topological polar surface area (TPSA) is 0 Å². The van der Waals surface area contributed by atoms with Crippen LogP contribution >= 0.6 is 0 Å². The largest absolute Gasteiger partial charge is 0.207 e. The average Bonchev–Trinajstić information content (AvgIpc) is 2.20. The molecule has 4 heteroatoms. The molecule has 1 radical (unpaired) electrons. The Balaban J connectivity index is 2.68. The van der Waals surface area contributed by atoms with E-state index >= 15 is 0 Å². The summed E-state index contributed by atoms with van der Waals surface area (Å²) in [5.41, 5.74) is -0.867. The van der Waals surface area contributed by atoms with Crippen molar-refractivity contribution >= 4 is 0 Å². The van der Waals surface area contributed by atoms with Crippen molar-refractivity contribution in [1.29, 1.82) is 0 Å². The van der Waals surface area contributed by atoms with Crippen molar-refractivity contribution in [3.05, 3.63) is 59.7 Å². The van der Waals surface area contributed by atoms with Gasteiger partial charge in [-0.1, -0.05) is 0 Å². The first-order valence-corrected chi connectivity index (χ1v) is 4.40. The third-order valence-corrected chi connectivity index (χ3v) is 2.10. The van der Waals surface area contributed by atoms with Gasteiger partial charge < -0.3 is 0 Å². The van der Waals surface area contributed by atoms with Gasteiger partial charge in [0.2, 0.25) is 0 Å². The summed E-state index contributed by atoms with van der Waals surface area (Å²) in [6, 6.07) is 6.62. The Morgan fingerprint density at radius 1 is 0.875 bits per heavy atom. The number of hydrogen-bond donors (Lipinski definition) is 0. The van der Waals surface area contributed by atoms with Crippen molar-refractivity contribution in [1.82, 2.24) is 0 Å². The van der Waals surface area contributed by atoms with Crippen molar-refractivity contribution in [3.63, 3.8) is 0 Å². The lowest BCUT2D eigenvalue weighted by Crippen LogP contribution is -1.93. The first kappa shape index (κ1) is 10.7. The summed E-state index contributed by atoms with van der Waals surface area (Å²) in [6.07, 6.45) is 0. The molecule has 0 fully saturated rings. The fourth-order valence-corrected chi connectivity index (χ4v) is 1.39. The van der Waals surface area contributed by atoms with Gasteiger partial charge in [0.15, 0.2) is 0 Å². The van der Waals surface area contributed by atoms with E-state index in [0.29, 0.717) is 6.07 Å². The third-order valence-electron chi connectivity index (χ3n) is 2.10. The molecule has 0 heterocycles. The summed E-state index contributed by atoms with van der Waals surface area (Å²) in [6.45, 7) is 0. The molecule has 0 atom stereocenters. The molecule has 2 rings (SSSR count). The molecule has 0 saturated carbocycles. The predicted molar refractivity (Wildman–Crippen MR) is 50.5 cm³/mol. The quantitative estimate of drug-likeness (QED) is 0.649. The van der Waals surface area contributed by atoms with Gasteiger partial charge in [0.1, 0.15) is 23.3 Å². The molecule has 0 amide bonds. The minimum atomic E-state index is -1.02. The van der Waals surface area contributed by atoms with Gasteiger partial charge in [0.25, 0.3) is 0 Å². The Morgan fingerprint density at radius 3 is 2.25 bits per heavy atom. The molecule has 0 aromatic heterocycles. The summed E-state index contributed by atoms with van der Waals surface area (Å²) in [7, 11) is 0. The molecule has 0 bridgehead atoms. The fraction of sp³-hybridized carbons (Fsp3) is 0. The first-order valence-electron chi connectivity index (χ1n) is 4.40. The highest BCUT2D eigenvalue weighted by Crippen LogP contribution is 2.28. The number of halogens is 4. The summed E-state index contributed by atoms with van der Waals surface area (Å²) < 4.78 is 52.5. The monoisotopic (exact) mass is 225 g/mol. The van der Waals surface area contributed by atoms with Gasteiger partial charge in [-0.25, -0.2) is 17.6 Å². The van der Waals surface area contributed by atoms with Crippen LogP contribution in [0.5, 0.6) is 0 Å². The van der Waals surface area contributed by atoms with Gasteiger partial charge in [-0.3, -0.25) is 0 Å². The van der Waals surface area contributed by atoms with E-state index in [0.717, 1.165) is 24.3 Å². The zero-order chi connectivity index (χ0) is 11.7. The summed E-state index contributed by atoms with van der Waals surface area (Å²) in [5.74, 6) is -3.74. The van der Waals surface area contributed by atoms with Crippen LogP contribution in [-0.4, -0.2) is 0 Å². The summed E-state index contributed by atoms with van der Waals surface area (Å²) >= 11 is 0. The van der Waals surface area contributed by atoms with Crippen molar-refractivity contribution in [3.8, 4) is 11.1 Å². The van der Waals surface area contributed by atoms with Crippen LogP contribution in [0.25, 0.3) is 11.1 Å². The molecule has 0 aliphatic rings. The number of rotatable bonds is 1. The Bertz CT molecular complexity index is 514. The standard InChI is InChI=1S/C12H5F4/c13-7-4-5-8(11(16)6-7)12-9(14)2-1-3-10(12)15/h1-2,4-6H. The van der Waals surface area contributed by atoms with Gasteiger partial charge in [-0.2, -0.15) is 0 Å². The van der Waals surface area contributed by atoms with E-state index in [4.69, 9.17) is 0 Å². The van der Waals surface area contributed by atoms with Crippen LogP contribution in [0, 0.1) is 29.3 Å². The molecule has 0 aliphatic carbocycles. The SMILES string of the molecule is Fc1ccc(-c2c(F)[c]ccc2F)c(F)c1. The average molecular weight is 225 g/mol. The van der Waals surface area contributed by atoms with Crippen LogP contribution in [0.1, 0.15) is 0 Å². The molecule has 2 aromatic rings. The maximum Gasteiger partial charge on any atom is 0.142 e. The molecular formula is C12H5F4. The van der Waals surface area contributed by atoms with Gasteiger partial charge in [0.05, 0.1) is 5.56 Å². The lowest BCUT2D eigenvalue weighted by molar-refractivity contribution is 0.570. The van der Waals surface area contributed by atoms with E-state index in [-0.39, 0.29) is 5.56 Å². The second kappa shape index (κ2) is 3.96. The lowest BCUT2D eigenvalue weighted by Gasteiger charge is -2.05. The molecule has 0 N–H and O–H groups in total. The summed E-state index contributed by atoms with van der Waals surface area (Å²) in [4.78, 5) is 0. The van der Waals surface area contributed by atoms with Crippen LogP contribution in [0.2, 0.25) is 0 Å². The molecule has 0 aliphatic heterocycles. The van der Waals surface area contributed by atoms with E-state index in [9.17, 15) is 17.6 Å². The maximum atomic E-state index is 13.3. The normalized spacial score (nSPS) is 10.5. The van der Waals surface area contributed by atoms with E-state index in [2.05, 4.69) is 6.07 Å². The minimum absolute atomic E-state index is 0.326. The highest BCUT2D eigenvalue weighted by molar-refractivity contribution is 5.65. The van der Waals surface area contributed by atoms with E-state index < -0.39 is 28.8 Å². The van der Waals surface area contributed by atoms with Crippen molar-refractivity contribution in [2.75, 3.05) is 0 Å². The second-order valence-electron chi connectivity index (χ2n) is 3.14. The molecular weight excluding hydrogens is 220 g/mol. The van der Waals surface area contributed by atoms with Crippen LogP contribution in [0.3, 0.4) is 0 Å². The zero-order valence-electron chi connectivity index (χ0n) is 7.90. The molecule has 0 nitrogen and oxygen atoms in total. The van der Waals surface area contributed by atoms with E-state index in [1.165, 1.54) is 0 Å². The number of hydrogen-bond acceptors (Lipinski definition) is 0. The molecule has 0 saturated heterocycles. The molecule has 81 valence electrons. The van der Waals surface area contributed by atoms with Crippen molar-refractivity contribution in [2.24, 2.45) is 0 Å². The van der Waals surface area contributed by atoms with Crippen LogP contribution in [-0.2, 0) is 0 Å². The van der Waals surface area contributed by atoms with Crippen LogP contribution in [0.15, 0.2) is 30.3 Å². The van der Waals surface area contributed by atoms with Gasteiger partial charge in [-0.15, -0.1) is 0 Å². The zero-order valence-corrected chi connectivity index (χ0v) is 7.90. The maximum absolute atomic E-state index is 13.3. The molecule has 2 aromatic carbocycles. The summed E-state index contributed by atoms with van der Waals surface area (Å²) in [5, 5.41) is 0. The van der Waals surface area contributed by atoms with Gasteiger partial charge in [0, 0.05) is 17.7 Å². The van der Waals surface area contributed by atoms with Crippen molar-refractivity contribution in [2.45, 2.75) is 0 Å². The lowest BCUT2D eigenvalue weighted by atomic mass is 10.0. The molecule has 0 spiro atoms. The minimum Gasteiger partial charge on any atom is -0.207 e. The first-order chi connectivity index (χ1) is 7.59. The van der Waals surface area contributed by atoms with Gasteiger partial charge >= 0.3 is 0 Å². The van der Waals surface area contributed by atoms with E-state index in [1.807, 2.05) is 0 Å².